The number of pyridine rings is 1. The minimum Gasteiger partial charge on any atom is -0.508 e. The van der Waals surface area contributed by atoms with Gasteiger partial charge in [0, 0.05) is 23.3 Å². The van der Waals surface area contributed by atoms with Gasteiger partial charge in [-0.25, -0.2) is 4.98 Å². The molecule has 3 N–H and O–H groups in total. The maximum absolute atomic E-state index is 9.59. The fraction of sp³-hybridized carbons (Fsp3) is 0. The summed E-state index contributed by atoms with van der Waals surface area (Å²) in [5.41, 5.74) is 6.27. The van der Waals surface area contributed by atoms with Crippen LogP contribution in [0.15, 0.2) is 48.7 Å². The molecule has 0 spiro atoms. The number of nitrogens with two attached hydrogens (primary N) is 1. The van der Waals surface area contributed by atoms with Gasteiger partial charge in [-0.05, 0) is 35.7 Å². The quantitative estimate of drug-likeness (QED) is 0.700. The number of benzene rings is 2. The van der Waals surface area contributed by atoms with Crippen molar-refractivity contribution >= 4 is 28.1 Å². The van der Waals surface area contributed by atoms with Gasteiger partial charge in [-0.1, -0.05) is 17.7 Å². The molecule has 5 heteroatoms. The molecule has 0 unspecified atom stereocenters. The Morgan fingerprint density at radius 3 is 2.80 bits per heavy atom. The lowest BCUT2D eigenvalue weighted by Crippen LogP contribution is -1.92. The summed E-state index contributed by atoms with van der Waals surface area (Å²) in [4.78, 5) is 4.18. The SMILES string of the molecule is Nc1ccc(Cl)c(Oc2nccc3ccc(O)cc23)c1. The van der Waals surface area contributed by atoms with Crippen molar-refractivity contribution in [2.45, 2.75) is 0 Å². The highest BCUT2D eigenvalue weighted by molar-refractivity contribution is 6.32. The van der Waals surface area contributed by atoms with Crippen LogP contribution in [-0.2, 0) is 0 Å². The number of hydrogen-bond acceptors (Lipinski definition) is 4. The highest BCUT2D eigenvalue weighted by Crippen LogP contribution is 2.34. The summed E-state index contributed by atoms with van der Waals surface area (Å²) in [6.45, 7) is 0. The number of fused-ring (bicyclic) bond motifs is 1. The summed E-state index contributed by atoms with van der Waals surface area (Å²) < 4.78 is 5.72. The second-order valence-electron chi connectivity index (χ2n) is 4.31. The normalized spacial score (nSPS) is 10.7. The zero-order valence-corrected chi connectivity index (χ0v) is 11.1. The molecule has 100 valence electrons. The van der Waals surface area contributed by atoms with E-state index in [9.17, 15) is 5.11 Å². The molecule has 0 atom stereocenters. The molecule has 0 aliphatic rings. The van der Waals surface area contributed by atoms with E-state index in [1.54, 1.807) is 42.6 Å². The molecule has 3 rings (SSSR count). The monoisotopic (exact) mass is 286 g/mol. The van der Waals surface area contributed by atoms with Crippen LogP contribution in [0.4, 0.5) is 5.69 Å². The number of aromatic nitrogens is 1. The summed E-state index contributed by atoms with van der Waals surface area (Å²) in [5, 5.41) is 11.6. The van der Waals surface area contributed by atoms with Gasteiger partial charge in [0.05, 0.1) is 5.02 Å². The second kappa shape index (κ2) is 4.90. The summed E-state index contributed by atoms with van der Waals surface area (Å²) >= 11 is 6.07. The molecule has 0 fully saturated rings. The minimum atomic E-state index is 0.147. The number of hydrogen-bond donors (Lipinski definition) is 2. The van der Waals surface area contributed by atoms with Crippen LogP contribution in [0, 0.1) is 0 Å². The van der Waals surface area contributed by atoms with E-state index in [0.717, 1.165) is 5.39 Å². The average molecular weight is 287 g/mol. The number of phenols is 1. The van der Waals surface area contributed by atoms with Crippen LogP contribution in [0.3, 0.4) is 0 Å². The minimum absolute atomic E-state index is 0.147. The van der Waals surface area contributed by atoms with E-state index in [0.29, 0.717) is 27.7 Å². The first kappa shape index (κ1) is 12.6. The predicted octanol–water partition coefficient (Wildman–Crippen LogP) is 3.97. The molecule has 0 bridgehead atoms. The highest BCUT2D eigenvalue weighted by atomic mass is 35.5. The number of anilines is 1. The molecule has 0 saturated heterocycles. The summed E-state index contributed by atoms with van der Waals surface area (Å²) in [5.74, 6) is 0.940. The number of rotatable bonds is 2. The number of phenolic OH excluding ortho intramolecular Hbond substituents is 1. The standard InChI is InChI=1S/C15H11ClN2O2/c16-13-4-2-10(17)7-14(13)20-15-12-8-11(19)3-1-9(12)5-6-18-15/h1-8,19H,17H2. The third-order valence-electron chi connectivity index (χ3n) is 2.88. The lowest BCUT2D eigenvalue weighted by molar-refractivity contribution is 0.465. The lowest BCUT2D eigenvalue weighted by Gasteiger charge is -2.10. The zero-order valence-electron chi connectivity index (χ0n) is 10.4. The van der Waals surface area contributed by atoms with Crippen molar-refractivity contribution in [3.05, 3.63) is 53.7 Å². The van der Waals surface area contributed by atoms with Crippen LogP contribution in [0.25, 0.3) is 10.8 Å². The van der Waals surface area contributed by atoms with Gasteiger partial charge < -0.3 is 15.6 Å². The summed E-state index contributed by atoms with van der Waals surface area (Å²) in [6, 6.07) is 11.8. The third-order valence-corrected chi connectivity index (χ3v) is 3.19. The number of nitrogen functional groups attached to an aromatic ring is 1. The van der Waals surface area contributed by atoms with Crippen molar-refractivity contribution in [1.29, 1.82) is 0 Å². The lowest BCUT2D eigenvalue weighted by atomic mass is 10.1. The largest absolute Gasteiger partial charge is 0.508 e. The maximum Gasteiger partial charge on any atom is 0.227 e. The van der Waals surface area contributed by atoms with Crippen LogP contribution >= 0.6 is 11.6 Å². The summed E-state index contributed by atoms with van der Waals surface area (Å²) in [7, 11) is 0. The van der Waals surface area contributed by atoms with E-state index in [1.807, 2.05) is 6.07 Å². The highest BCUT2D eigenvalue weighted by Gasteiger charge is 2.09. The topological polar surface area (TPSA) is 68.4 Å². The first-order chi connectivity index (χ1) is 9.63. The first-order valence-corrected chi connectivity index (χ1v) is 6.32. The molecule has 0 radical (unpaired) electrons. The molecule has 4 nitrogen and oxygen atoms in total. The number of nitrogens with zero attached hydrogens (tertiary/aromatic N) is 1. The van der Waals surface area contributed by atoms with Gasteiger partial charge in [0.2, 0.25) is 5.88 Å². The number of aromatic hydroxyl groups is 1. The van der Waals surface area contributed by atoms with Gasteiger partial charge in [-0.2, -0.15) is 0 Å². The fourth-order valence-electron chi connectivity index (χ4n) is 1.91. The van der Waals surface area contributed by atoms with E-state index in [2.05, 4.69) is 4.98 Å². The molecule has 0 amide bonds. The Morgan fingerprint density at radius 2 is 1.95 bits per heavy atom. The van der Waals surface area contributed by atoms with Gasteiger partial charge in [0.1, 0.15) is 11.5 Å². The Balaban J connectivity index is 2.10. The molecule has 0 aliphatic heterocycles. The van der Waals surface area contributed by atoms with Crippen LogP contribution < -0.4 is 10.5 Å². The Hall–Kier alpha value is -2.46. The fourth-order valence-corrected chi connectivity index (χ4v) is 2.07. The Morgan fingerprint density at radius 1 is 1.10 bits per heavy atom. The van der Waals surface area contributed by atoms with Crippen LogP contribution in [0.5, 0.6) is 17.4 Å². The van der Waals surface area contributed by atoms with Gasteiger partial charge in [-0.15, -0.1) is 0 Å². The Labute approximate surface area is 120 Å². The third kappa shape index (κ3) is 2.33. The van der Waals surface area contributed by atoms with Crippen molar-refractivity contribution < 1.29 is 9.84 Å². The predicted molar refractivity (Wildman–Crippen MR) is 79.3 cm³/mol. The molecular formula is C15H11ClN2O2. The number of ether oxygens (including phenoxy) is 1. The molecular weight excluding hydrogens is 276 g/mol. The van der Waals surface area contributed by atoms with Gasteiger partial charge in [0.15, 0.2) is 0 Å². The van der Waals surface area contributed by atoms with Crippen molar-refractivity contribution in [2.75, 3.05) is 5.73 Å². The van der Waals surface area contributed by atoms with Crippen molar-refractivity contribution in [2.24, 2.45) is 0 Å². The molecule has 1 aromatic heterocycles. The van der Waals surface area contributed by atoms with Crippen LogP contribution in [0.2, 0.25) is 5.02 Å². The van der Waals surface area contributed by atoms with Crippen molar-refractivity contribution in [3.63, 3.8) is 0 Å². The molecule has 0 saturated carbocycles. The average Bonchev–Trinajstić information content (AvgIpc) is 2.43. The Bertz CT molecular complexity index is 790. The van der Waals surface area contributed by atoms with E-state index in [1.165, 1.54) is 0 Å². The summed E-state index contributed by atoms with van der Waals surface area (Å²) in [6.07, 6.45) is 1.63. The van der Waals surface area contributed by atoms with Crippen LogP contribution in [0.1, 0.15) is 0 Å². The Kier molecular flexibility index (Phi) is 3.08. The second-order valence-corrected chi connectivity index (χ2v) is 4.72. The van der Waals surface area contributed by atoms with Crippen molar-refractivity contribution in [1.82, 2.24) is 4.98 Å². The smallest absolute Gasteiger partial charge is 0.227 e. The van der Waals surface area contributed by atoms with E-state index < -0.39 is 0 Å². The molecule has 2 aromatic carbocycles. The van der Waals surface area contributed by atoms with Crippen molar-refractivity contribution in [3.8, 4) is 17.4 Å². The molecule has 0 aliphatic carbocycles. The first-order valence-electron chi connectivity index (χ1n) is 5.94. The zero-order chi connectivity index (χ0) is 14.1. The van der Waals surface area contributed by atoms with Gasteiger partial charge in [0.25, 0.3) is 0 Å². The molecule has 3 aromatic rings. The van der Waals surface area contributed by atoms with Gasteiger partial charge >= 0.3 is 0 Å². The van der Waals surface area contributed by atoms with E-state index >= 15 is 0 Å². The van der Waals surface area contributed by atoms with Crippen LogP contribution in [-0.4, -0.2) is 10.1 Å². The maximum atomic E-state index is 9.59. The van der Waals surface area contributed by atoms with E-state index in [4.69, 9.17) is 22.1 Å². The van der Waals surface area contributed by atoms with E-state index in [-0.39, 0.29) is 5.75 Å². The number of halogens is 1. The molecule has 1 heterocycles. The molecule has 20 heavy (non-hydrogen) atoms. The van der Waals surface area contributed by atoms with Gasteiger partial charge in [-0.3, -0.25) is 0 Å².